The summed E-state index contributed by atoms with van der Waals surface area (Å²) in [7, 11) is 0. The fraction of sp³-hybridized carbons (Fsp3) is 0.433. The van der Waals surface area contributed by atoms with Crippen LogP contribution in [-0.4, -0.2) is 11.6 Å². The maximum Gasteiger partial charge on any atom is 0.196 e. The minimum absolute atomic E-state index is 0.0889. The SMILES string of the molecule is CC.CCCC1=CC2(C)C3=CC(=O)C(C#N)=CC3(C#Cc3ccccc3)CCC2C(C)C1=O. The van der Waals surface area contributed by atoms with Crippen molar-refractivity contribution in [2.45, 2.75) is 60.3 Å². The zero-order chi connectivity index (χ0) is 24.2. The highest BCUT2D eigenvalue weighted by atomic mass is 16.1. The highest BCUT2D eigenvalue weighted by Gasteiger charge is 2.55. The third kappa shape index (κ3) is 4.26. The van der Waals surface area contributed by atoms with E-state index in [1.807, 2.05) is 51.1 Å². The van der Waals surface area contributed by atoms with Crippen molar-refractivity contribution < 1.29 is 9.59 Å². The van der Waals surface area contributed by atoms with E-state index in [-0.39, 0.29) is 29.0 Å². The molecule has 1 fully saturated rings. The molecule has 0 spiro atoms. The third-order valence-electron chi connectivity index (χ3n) is 7.26. The second kappa shape index (κ2) is 9.76. The Labute approximate surface area is 198 Å². The maximum absolute atomic E-state index is 13.0. The normalized spacial score (nSPS) is 30.0. The molecule has 170 valence electrons. The van der Waals surface area contributed by atoms with Crippen molar-refractivity contribution in [1.82, 2.24) is 0 Å². The van der Waals surface area contributed by atoms with Gasteiger partial charge in [-0.25, -0.2) is 0 Å². The third-order valence-corrected chi connectivity index (χ3v) is 7.26. The Bertz CT molecular complexity index is 1140. The Balaban J connectivity index is 0.00000149. The smallest absolute Gasteiger partial charge is 0.196 e. The molecular weight excluding hydrogens is 406 g/mol. The number of nitriles is 1. The highest BCUT2D eigenvalue weighted by Crippen LogP contribution is 2.60. The number of hydrogen-bond acceptors (Lipinski definition) is 3. The molecule has 4 rings (SSSR count). The van der Waals surface area contributed by atoms with Crippen molar-refractivity contribution in [1.29, 1.82) is 5.26 Å². The van der Waals surface area contributed by atoms with Crippen molar-refractivity contribution in [3.63, 3.8) is 0 Å². The average Bonchev–Trinajstić information content (AvgIpc) is 2.83. The van der Waals surface area contributed by atoms with Crippen molar-refractivity contribution in [2.75, 3.05) is 0 Å². The van der Waals surface area contributed by atoms with Gasteiger partial charge in [0.15, 0.2) is 11.6 Å². The Kier molecular flexibility index (Phi) is 7.24. The predicted molar refractivity (Wildman–Crippen MR) is 132 cm³/mol. The van der Waals surface area contributed by atoms with Crippen LogP contribution in [0.1, 0.15) is 65.9 Å². The number of carbonyl (C=O) groups is 2. The zero-order valence-corrected chi connectivity index (χ0v) is 20.4. The molecule has 1 aromatic carbocycles. The number of nitrogens with zero attached hydrogens (tertiary/aromatic N) is 1. The topological polar surface area (TPSA) is 57.9 Å². The lowest BCUT2D eigenvalue weighted by Crippen LogP contribution is -2.49. The van der Waals surface area contributed by atoms with Gasteiger partial charge in [0.1, 0.15) is 6.07 Å². The molecule has 0 radical (unpaired) electrons. The van der Waals surface area contributed by atoms with Crippen LogP contribution in [-0.2, 0) is 9.59 Å². The molecular formula is C30H33NO2. The van der Waals surface area contributed by atoms with Crippen molar-refractivity contribution in [2.24, 2.45) is 22.7 Å². The van der Waals surface area contributed by atoms with Gasteiger partial charge >= 0.3 is 0 Å². The number of benzene rings is 1. The van der Waals surface area contributed by atoms with Crippen LogP contribution in [0.4, 0.5) is 0 Å². The number of fused-ring (bicyclic) bond motifs is 3. The van der Waals surface area contributed by atoms with E-state index in [4.69, 9.17) is 0 Å². The Hall–Kier alpha value is -3.17. The van der Waals surface area contributed by atoms with Gasteiger partial charge in [-0.2, -0.15) is 5.26 Å². The van der Waals surface area contributed by atoms with Crippen LogP contribution in [0.25, 0.3) is 0 Å². The number of Topliss-reactive ketones (excluding diaryl/α,β-unsaturated/α-hetero) is 1. The van der Waals surface area contributed by atoms with E-state index in [1.165, 1.54) is 0 Å². The molecule has 0 saturated heterocycles. The molecule has 0 N–H and O–H groups in total. The van der Waals surface area contributed by atoms with E-state index in [0.717, 1.165) is 36.0 Å². The summed E-state index contributed by atoms with van der Waals surface area (Å²) in [4.78, 5) is 25.8. The predicted octanol–water partition coefficient (Wildman–Crippen LogP) is 6.37. The van der Waals surface area contributed by atoms with Crippen LogP contribution in [0, 0.1) is 45.8 Å². The molecule has 0 amide bonds. The van der Waals surface area contributed by atoms with Gasteiger partial charge in [-0.05, 0) is 60.6 Å². The second-order valence-electron chi connectivity index (χ2n) is 9.18. The molecule has 4 atom stereocenters. The van der Waals surface area contributed by atoms with E-state index >= 15 is 0 Å². The van der Waals surface area contributed by atoms with Crippen LogP contribution in [0.3, 0.4) is 0 Å². The van der Waals surface area contributed by atoms with Gasteiger partial charge < -0.3 is 0 Å². The van der Waals surface area contributed by atoms with Gasteiger partial charge in [-0.3, -0.25) is 9.59 Å². The lowest BCUT2D eigenvalue weighted by atomic mass is 9.48. The van der Waals surface area contributed by atoms with Crippen molar-refractivity contribution in [3.8, 4) is 17.9 Å². The Morgan fingerprint density at radius 3 is 2.45 bits per heavy atom. The first-order chi connectivity index (χ1) is 15.8. The van der Waals surface area contributed by atoms with E-state index in [0.29, 0.717) is 6.42 Å². The van der Waals surface area contributed by atoms with Gasteiger partial charge in [0.05, 0.1) is 11.0 Å². The first-order valence-electron chi connectivity index (χ1n) is 12.1. The number of allylic oxidation sites excluding steroid dienone is 6. The zero-order valence-electron chi connectivity index (χ0n) is 20.4. The molecule has 1 saturated carbocycles. The van der Waals surface area contributed by atoms with E-state index < -0.39 is 10.8 Å². The van der Waals surface area contributed by atoms with Crippen LogP contribution < -0.4 is 0 Å². The molecule has 1 aromatic rings. The van der Waals surface area contributed by atoms with Crippen LogP contribution in [0.15, 0.2) is 65.3 Å². The fourth-order valence-corrected chi connectivity index (χ4v) is 5.74. The molecule has 3 nitrogen and oxygen atoms in total. The quantitative estimate of drug-likeness (QED) is 0.503. The maximum atomic E-state index is 13.0. The first kappa shape index (κ1) is 24.5. The van der Waals surface area contributed by atoms with Gasteiger partial charge in [0.25, 0.3) is 0 Å². The molecule has 0 bridgehead atoms. The first-order valence-corrected chi connectivity index (χ1v) is 12.1. The summed E-state index contributed by atoms with van der Waals surface area (Å²) in [6, 6.07) is 11.8. The Morgan fingerprint density at radius 1 is 1.12 bits per heavy atom. The van der Waals surface area contributed by atoms with Crippen molar-refractivity contribution in [3.05, 3.63) is 70.8 Å². The molecule has 3 aliphatic carbocycles. The summed E-state index contributed by atoms with van der Waals surface area (Å²) in [5.74, 6) is 6.77. The van der Waals surface area contributed by atoms with Gasteiger partial charge in [-0.15, -0.1) is 0 Å². The van der Waals surface area contributed by atoms with Crippen LogP contribution >= 0.6 is 0 Å². The molecule has 3 aliphatic rings. The Morgan fingerprint density at radius 2 is 1.82 bits per heavy atom. The van der Waals surface area contributed by atoms with Gasteiger partial charge in [-0.1, -0.05) is 77.2 Å². The molecule has 33 heavy (non-hydrogen) atoms. The molecule has 0 aromatic heterocycles. The van der Waals surface area contributed by atoms with Gasteiger partial charge in [0, 0.05) is 16.9 Å². The average molecular weight is 440 g/mol. The van der Waals surface area contributed by atoms with Gasteiger partial charge in [0.2, 0.25) is 0 Å². The monoisotopic (exact) mass is 439 g/mol. The summed E-state index contributed by atoms with van der Waals surface area (Å²) in [5.41, 5.74) is 1.76. The minimum atomic E-state index is -0.673. The summed E-state index contributed by atoms with van der Waals surface area (Å²) in [5, 5.41) is 9.56. The standard InChI is InChI=1S/C28H27NO2.C2H6/c1-4-8-21-16-27(3)23(19(2)26(21)31)12-14-28(13-11-20-9-6-5-7-10-20)17-22(18-29)24(30)15-25(27)28;1-2/h5-7,9-10,15-17,19,23H,4,8,12,14H2,1-3H3;1-2H3. The molecule has 0 aliphatic heterocycles. The number of rotatable bonds is 2. The fourth-order valence-electron chi connectivity index (χ4n) is 5.74. The largest absolute Gasteiger partial charge is 0.294 e. The van der Waals surface area contributed by atoms with Crippen molar-refractivity contribution >= 4 is 11.6 Å². The number of ketones is 2. The molecule has 4 unspecified atom stereocenters. The second-order valence-corrected chi connectivity index (χ2v) is 9.18. The highest BCUT2D eigenvalue weighted by molar-refractivity contribution is 6.09. The van der Waals surface area contributed by atoms with E-state index in [2.05, 4.69) is 37.8 Å². The summed E-state index contributed by atoms with van der Waals surface area (Å²) < 4.78 is 0. The lowest BCUT2D eigenvalue weighted by molar-refractivity contribution is -0.123. The van der Waals surface area contributed by atoms with Crippen LogP contribution in [0.5, 0.6) is 0 Å². The lowest BCUT2D eigenvalue weighted by Gasteiger charge is -2.53. The summed E-state index contributed by atoms with van der Waals surface area (Å²) in [6.45, 7) is 10.3. The number of carbonyl (C=O) groups excluding carboxylic acids is 2. The molecule has 3 heteroatoms. The van der Waals surface area contributed by atoms with Crippen LogP contribution in [0.2, 0.25) is 0 Å². The molecule has 0 heterocycles. The minimum Gasteiger partial charge on any atom is -0.294 e. The van der Waals surface area contributed by atoms with E-state index in [9.17, 15) is 14.9 Å². The summed E-state index contributed by atoms with van der Waals surface area (Å²) >= 11 is 0. The number of hydrogen-bond donors (Lipinski definition) is 0. The van der Waals surface area contributed by atoms with E-state index in [1.54, 1.807) is 12.2 Å². The summed E-state index contributed by atoms with van der Waals surface area (Å²) in [6.07, 6.45) is 8.72.